The summed E-state index contributed by atoms with van der Waals surface area (Å²) in [5.74, 6) is -2.26. The number of hydrogen-bond acceptors (Lipinski definition) is 5. The largest absolute Gasteiger partial charge is 0.408 e. The SMILES string of the molecule is CCCCOC(C)(OCCCC)OC(=O)CC(C)=O.[AlH3]. The zero-order valence-corrected chi connectivity index (χ0v) is 12.5. The average molecular weight is 304 g/mol. The van der Waals surface area contributed by atoms with Gasteiger partial charge in [-0.05, 0) is 19.8 Å². The van der Waals surface area contributed by atoms with Crippen LogP contribution in [0, 0.1) is 0 Å². The summed E-state index contributed by atoms with van der Waals surface area (Å²) >= 11 is 0. The zero-order chi connectivity index (χ0) is 14.7. The highest BCUT2D eigenvalue weighted by Crippen LogP contribution is 2.17. The Morgan fingerprint density at radius 2 is 1.45 bits per heavy atom. The Bertz CT molecular complexity index is 271. The molecule has 0 spiro atoms. The van der Waals surface area contributed by atoms with Crippen LogP contribution in [-0.4, -0.2) is 48.3 Å². The van der Waals surface area contributed by atoms with Crippen molar-refractivity contribution < 1.29 is 23.8 Å². The first-order valence-electron chi connectivity index (χ1n) is 6.92. The summed E-state index contributed by atoms with van der Waals surface area (Å²) in [6.45, 7) is 7.89. The van der Waals surface area contributed by atoms with Crippen molar-refractivity contribution in [3.63, 3.8) is 0 Å². The van der Waals surface area contributed by atoms with Crippen LogP contribution in [0.2, 0.25) is 0 Å². The minimum Gasteiger partial charge on any atom is -0.408 e. The number of hydrogen-bond donors (Lipinski definition) is 0. The molecule has 0 aliphatic heterocycles. The first-order valence-corrected chi connectivity index (χ1v) is 6.92. The molecule has 0 radical (unpaired) electrons. The number of carbonyl (C=O) groups excluding carboxylic acids is 2. The molecule has 0 rings (SSSR count). The van der Waals surface area contributed by atoms with E-state index in [9.17, 15) is 9.59 Å². The van der Waals surface area contributed by atoms with Crippen LogP contribution in [0.4, 0.5) is 0 Å². The van der Waals surface area contributed by atoms with E-state index >= 15 is 0 Å². The highest BCUT2D eigenvalue weighted by atomic mass is 27.0. The van der Waals surface area contributed by atoms with Crippen LogP contribution in [-0.2, 0) is 23.8 Å². The number of esters is 1. The molecule has 0 saturated heterocycles. The van der Waals surface area contributed by atoms with Crippen LogP contribution in [0.3, 0.4) is 0 Å². The molecular formula is C14H29AlO5. The monoisotopic (exact) mass is 304 g/mol. The molecule has 0 heterocycles. The van der Waals surface area contributed by atoms with Gasteiger partial charge in [0, 0.05) is 6.92 Å². The molecule has 20 heavy (non-hydrogen) atoms. The Balaban J connectivity index is 0. The van der Waals surface area contributed by atoms with Crippen molar-refractivity contribution >= 4 is 29.1 Å². The number of ether oxygens (including phenoxy) is 3. The van der Waals surface area contributed by atoms with E-state index in [1.165, 1.54) is 6.92 Å². The molecule has 0 amide bonds. The van der Waals surface area contributed by atoms with Crippen LogP contribution in [0.15, 0.2) is 0 Å². The van der Waals surface area contributed by atoms with Crippen LogP contribution >= 0.6 is 0 Å². The van der Waals surface area contributed by atoms with Crippen molar-refractivity contribution in [1.82, 2.24) is 0 Å². The van der Waals surface area contributed by atoms with Crippen LogP contribution < -0.4 is 0 Å². The summed E-state index contributed by atoms with van der Waals surface area (Å²) in [5, 5.41) is 0. The third-order valence-corrected chi connectivity index (χ3v) is 2.42. The van der Waals surface area contributed by atoms with Crippen LogP contribution in [0.5, 0.6) is 0 Å². The second-order valence-electron chi connectivity index (χ2n) is 4.62. The molecule has 0 saturated carbocycles. The molecule has 0 bridgehead atoms. The maximum Gasteiger partial charge on any atom is 0.326 e. The number of unbranched alkanes of at least 4 members (excludes halogenated alkanes) is 2. The lowest BCUT2D eigenvalue weighted by Crippen LogP contribution is -2.39. The third kappa shape index (κ3) is 11.4. The molecule has 0 N–H and O–H groups in total. The van der Waals surface area contributed by atoms with E-state index in [0.717, 1.165) is 25.7 Å². The van der Waals surface area contributed by atoms with Gasteiger partial charge in [-0.25, -0.2) is 0 Å². The summed E-state index contributed by atoms with van der Waals surface area (Å²) in [6.07, 6.45) is 3.41. The maximum atomic E-state index is 11.5. The lowest BCUT2D eigenvalue weighted by atomic mass is 10.3. The Labute approximate surface area is 132 Å². The van der Waals surface area contributed by atoms with Gasteiger partial charge in [0.25, 0.3) is 0 Å². The quantitative estimate of drug-likeness (QED) is 0.191. The van der Waals surface area contributed by atoms with Gasteiger partial charge in [0.15, 0.2) is 17.4 Å². The second-order valence-corrected chi connectivity index (χ2v) is 4.62. The molecule has 0 aliphatic rings. The Hall–Kier alpha value is -0.408. The van der Waals surface area contributed by atoms with Crippen LogP contribution in [0.1, 0.15) is 59.8 Å². The molecular weight excluding hydrogens is 275 g/mol. The van der Waals surface area contributed by atoms with Crippen molar-refractivity contribution in [3.8, 4) is 0 Å². The molecule has 118 valence electrons. The van der Waals surface area contributed by atoms with E-state index in [2.05, 4.69) is 0 Å². The summed E-state index contributed by atoms with van der Waals surface area (Å²) in [5.41, 5.74) is 0. The number of Topliss-reactive ketones (excluding diaryl/α,β-unsaturated/α-hetero) is 1. The fourth-order valence-electron chi connectivity index (χ4n) is 1.35. The average Bonchev–Trinajstić information content (AvgIpc) is 2.28. The Kier molecular flexibility index (Phi) is 13.5. The molecule has 0 aromatic heterocycles. The predicted molar refractivity (Wildman–Crippen MR) is 81.5 cm³/mol. The van der Waals surface area contributed by atoms with Crippen molar-refractivity contribution in [3.05, 3.63) is 0 Å². The van der Waals surface area contributed by atoms with Crippen molar-refractivity contribution in [2.75, 3.05) is 13.2 Å². The molecule has 5 nitrogen and oxygen atoms in total. The lowest BCUT2D eigenvalue weighted by molar-refractivity contribution is -0.352. The fourth-order valence-corrected chi connectivity index (χ4v) is 1.35. The molecule has 0 aliphatic carbocycles. The molecule has 0 aromatic rings. The van der Waals surface area contributed by atoms with Gasteiger partial charge >= 0.3 is 11.9 Å². The van der Waals surface area contributed by atoms with Crippen molar-refractivity contribution in [2.24, 2.45) is 0 Å². The third-order valence-electron chi connectivity index (χ3n) is 2.42. The first-order chi connectivity index (χ1) is 8.93. The lowest BCUT2D eigenvalue weighted by Gasteiger charge is -2.29. The van der Waals surface area contributed by atoms with E-state index in [1.807, 2.05) is 13.8 Å². The second kappa shape index (κ2) is 12.3. The molecule has 0 aromatic carbocycles. The number of carbonyl (C=O) groups is 2. The first kappa shape index (κ1) is 21.9. The number of rotatable bonds is 11. The number of ketones is 1. The predicted octanol–water partition coefficient (Wildman–Crippen LogP) is 1.63. The summed E-state index contributed by atoms with van der Waals surface area (Å²) in [6, 6.07) is 0. The van der Waals surface area contributed by atoms with Gasteiger partial charge in [0.1, 0.15) is 12.2 Å². The smallest absolute Gasteiger partial charge is 0.326 e. The normalized spacial score (nSPS) is 10.8. The molecule has 0 unspecified atom stereocenters. The molecule has 0 fully saturated rings. The van der Waals surface area contributed by atoms with Gasteiger partial charge in [-0.2, -0.15) is 0 Å². The standard InChI is InChI=1S/C14H26O5.Al.3H/c1-5-7-9-17-14(4,18-10-8-6-2)19-13(16)11-12(3)15;;;;/h5-11H2,1-4H3;;;;. The topological polar surface area (TPSA) is 61.8 Å². The summed E-state index contributed by atoms with van der Waals surface area (Å²) in [7, 11) is 0. The fraction of sp³-hybridized carbons (Fsp3) is 0.857. The van der Waals surface area contributed by atoms with Crippen molar-refractivity contribution in [1.29, 1.82) is 0 Å². The van der Waals surface area contributed by atoms with E-state index in [-0.39, 0.29) is 29.6 Å². The van der Waals surface area contributed by atoms with Gasteiger partial charge < -0.3 is 14.2 Å². The van der Waals surface area contributed by atoms with Gasteiger partial charge in [0.2, 0.25) is 0 Å². The van der Waals surface area contributed by atoms with E-state index in [4.69, 9.17) is 14.2 Å². The van der Waals surface area contributed by atoms with Crippen LogP contribution in [0.25, 0.3) is 0 Å². The van der Waals surface area contributed by atoms with E-state index in [1.54, 1.807) is 6.92 Å². The minimum absolute atomic E-state index is 0. The molecule has 0 atom stereocenters. The van der Waals surface area contributed by atoms with E-state index in [0.29, 0.717) is 13.2 Å². The molecule has 6 heteroatoms. The maximum absolute atomic E-state index is 11.5. The Morgan fingerprint density at radius 1 is 1.00 bits per heavy atom. The highest BCUT2D eigenvalue weighted by molar-refractivity contribution is 5.94. The summed E-state index contributed by atoms with van der Waals surface area (Å²) in [4.78, 5) is 22.4. The van der Waals surface area contributed by atoms with Crippen molar-refractivity contribution in [2.45, 2.75) is 65.8 Å². The minimum atomic E-state index is -1.39. The zero-order valence-electron chi connectivity index (χ0n) is 12.5. The summed E-state index contributed by atoms with van der Waals surface area (Å²) < 4.78 is 16.1. The van der Waals surface area contributed by atoms with Gasteiger partial charge in [0.05, 0.1) is 13.2 Å². The van der Waals surface area contributed by atoms with E-state index < -0.39 is 11.9 Å². The van der Waals surface area contributed by atoms with Gasteiger partial charge in [-0.15, -0.1) is 0 Å². The van der Waals surface area contributed by atoms with Gasteiger partial charge in [-0.3, -0.25) is 9.59 Å². The Morgan fingerprint density at radius 3 is 1.80 bits per heavy atom. The van der Waals surface area contributed by atoms with Gasteiger partial charge in [-0.1, -0.05) is 26.7 Å². The highest BCUT2D eigenvalue weighted by Gasteiger charge is 2.31.